The number of carbonyl (C=O) groups is 1. The molecule has 0 aliphatic carbocycles. The molecule has 0 bridgehead atoms. The van der Waals surface area contributed by atoms with E-state index in [4.69, 9.17) is 9.84 Å². The molecule has 0 aliphatic rings. The number of methoxy groups -OCH3 is 1. The molecule has 0 radical (unpaired) electrons. The highest BCUT2D eigenvalue weighted by atomic mass is 32.2. The molecule has 0 spiro atoms. The summed E-state index contributed by atoms with van der Waals surface area (Å²) in [4.78, 5) is 12.8. The second-order valence-corrected chi connectivity index (χ2v) is 5.62. The van der Waals surface area contributed by atoms with Crippen LogP contribution < -0.4 is 5.32 Å². The molecule has 19 heavy (non-hydrogen) atoms. The van der Waals surface area contributed by atoms with Crippen LogP contribution in [0.15, 0.2) is 29.2 Å². The first kappa shape index (κ1) is 16.0. The van der Waals surface area contributed by atoms with Crippen molar-refractivity contribution in [3.05, 3.63) is 29.8 Å². The highest BCUT2D eigenvalue weighted by Gasteiger charge is 2.13. The number of aliphatic hydroxyl groups is 1. The van der Waals surface area contributed by atoms with E-state index < -0.39 is 0 Å². The summed E-state index contributed by atoms with van der Waals surface area (Å²) in [5, 5.41) is 11.8. The Kier molecular flexibility index (Phi) is 7.55. The lowest BCUT2D eigenvalue weighted by atomic mass is 10.2. The molecule has 0 heterocycles. The predicted molar refractivity (Wildman–Crippen MR) is 77.2 cm³/mol. The molecular formula is C14H21NO3S. The Bertz CT molecular complexity index is 398. The fourth-order valence-corrected chi connectivity index (χ4v) is 2.52. The zero-order valence-corrected chi connectivity index (χ0v) is 12.2. The first-order valence-corrected chi connectivity index (χ1v) is 7.18. The van der Waals surface area contributed by atoms with Crippen LogP contribution in [-0.4, -0.2) is 36.5 Å². The van der Waals surface area contributed by atoms with E-state index in [-0.39, 0.29) is 17.8 Å². The summed E-state index contributed by atoms with van der Waals surface area (Å²) in [5.41, 5.74) is 0.859. The maximum Gasteiger partial charge on any atom is 0.233 e. The molecule has 5 heteroatoms. The largest absolute Gasteiger partial charge is 0.392 e. The van der Waals surface area contributed by atoms with Crippen molar-refractivity contribution in [3.63, 3.8) is 0 Å². The fourth-order valence-electron chi connectivity index (χ4n) is 1.55. The first-order chi connectivity index (χ1) is 9.17. The number of amides is 1. The Balaban J connectivity index is 2.40. The summed E-state index contributed by atoms with van der Waals surface area (Å²) in [6.45, 7) is 3.18. The van der Waals surface area contributed by atoms with E-state index >= 15 is 0 Å². The molecule has 0 fully saturated rings. The van der Waals surface area contributed by atoms with Gasteiger partial charge in [-0.15, -0.1) is 11.8 Å². The maximum atomic E-state index is 11.8. The van der Waals surface area contributed by atoms with E-state index in [0.717, 1.165) is 16.9 Å². The van der Waals surface area contributed by atoms with Crippen molar-refractivity contribution in [1.82, 2.24) is 5.32 Å². The van der Waals surface area contributed by atoms with Gasteiger partial charge in [0.25, 0.3) is 0 Å². The second kappa shape index (κ2) is 8.96. The molecule has 1 aromatic carbocycles. The van der Waals surface area contributed by atoms with Gasteiger partial charge in [-0.25, -0.2) is 0 Å². The Hall–Kier alpha value is -1.04. The number of aliphatic hydroxyl groups excluding tert-OH is 1. The minimum atomic E-state index is -0.156. The van der Waals surface area contributed by atoms with Gasteiger partial charge < -0.3 is 15.2 Å². The average Bonchev–Trinajstić information content (AvgIpc) is 2.43. The van der Waals surface area contributed by atoms with Gasteiger partial charge in [0.2, 0.25) is 5.91 Å². The van der Waals surface area contributed by atoms with Crippen LogP contribution in [0.3, 0.4) is 0 Å². The Morgan fingerprint density at radius 3 is 3.00 bits per heavy atom. The molecule has 1 aromatic rings. The zero-order chi connectivity index (χ0) is 14.1. The molecule has 1 rings (SSSR count). The van der Waals surface area contributed by atoms with Crippen LogP contribution in [0.1, 0.15) is 18.9 Å². The summed E-state index contributed by atoms with van der Waals surface area (Å²) >= 11 is 1.49. The first-order valence-electron chi connectivity index (χ1n) is 6.30. The lowest BCUT2D eigenvalue weighted by Crippen LogP contribution is -2.32. The molecule has 0 saturated carbocycles. The van der Waals surface area contributed by atoms with Crippen LogP contribution in [0.5, 0.6) is 0 Å². The molecule has 4 nitrogen and oxygen atoms in total. The van der Waals surface area contributed by atoms with Crippen molar-refractivity contribution in [3.8, 4) is 0 Å². The standard InChI is InChI=1S/C14H21NO3S/c1-11(14(17)15-7-4-8-18-2)19-13-6-3-5-12(9-13)10-16/h3,5-6,9,11,16H,4,7-8,10H2,1-2H3,(H,15,17). The third kappa shape index (κ3) is 6.09. The van der Waals surface area contributed by atoms with Gasteiger partial charge in [-0.3, -0.25) is 4.79 Å². The highest BCUT2D eigenvalue weighted by molar-refractivity contribution is 8.00. The van der Waals surface area contributed by atoms with E-state index in [0.29, 0.717) is 13.2 Å². The number of benzene rings is 1. The second-order valence-electron chi connectivity index (χ2n) is 4.20. The van der Waals surface area contributed by atoms with Gasteiger partial charge >= 0.3 is 0 Å². The van der Waals surface area contributed by atoms with Crippen molar-refractivity contribution >= 4 is 17.7 Å². The minimum absolute atomic E-state index is 0.0198. The van der Waals surface area contributed by atoms with Gasteiger partial charge in [-0.05, 0) is 31.0 Å². The van der Waals surface area contributed by atoms with Gasteiger partial charge in [0.05, 0.1) is 11.9 Å². The maximum absolute atomic E-state index is 11.8. The van der Waals surface area contributed by atoms with E-state index in [9.17, 15) is 4.79 Å². The molecular weight excluding hydrogens is 262 g/mol. The van der Waals surface area contributed by atoms with Crippen LogP contribution in [0.2, 0.25) is 0 Å². The van der Waals surface area contributed by atoms with Crippen LogP contribution in [-0.2, 0) is 16.1 Å². The topological polar surface area (TPSA) is 58.6 Å². The highest BCUT2D eigenvalue weighted by Crippen LogP contribution is 2.24. The summed E-state index contributed by atoms with van der Waals surface area (Å²) < 4.78 is 4.93. The van der Waals surface area contributed by atoms with Crippen molar-refractivity contribution < 1.29 is 14.6 Å². The lowest BCUT2D eigenvalue weighted by molar-refractivity contribution is -0.120. The molecule has 0 aromatic heterocycles. The number of rotatable bonds is 8. The van der Waals surface area contributed by atoms with Crippen LogP contribution >= 0.6 is 11.8 Å². The quantitative estimate of drug-likeness (QED) is 0.564. The van der Waals surface area contributed by atoms with Gasteiger partial charge in [-0.2, -0.15) is 0 Å². The van der Waals surface area contributed by atoms with Gasteiger partial charge in [-0.1, -0.05) is 12.1 Å². The number of hydrogen-bond acceptors (Lipinski definition) is 4. The number of ether oxygens (including phenoxy) is 1. The molecule has 106 valence electrons. The lowest BCUT2D eigenvalue weighted by Gasteiger charge is -2.12. The summed E-state index contributed by atoms with van der Waals surface area (Å²) in [6, 6.07) is 7.59. The Labute approximate surface area is 118 Å². The third-order valence-corrected chi connectivity index (χ3v) is 3.68. The van der Waals surface area contributed by atoms with Crippen LogP contribution in [0.25, 0.3) is 0 Å². The smallest absolute Gasteiger partial charge is 0.233 e. The van der Waals surface area contributed by atoms with Crippen molar-refractivity contribution in [1.29, 1.82) is 0 Å². The molecule has 1 unspecified atom stereocenters. The normalized spacial score (nSPS) is 12.2. The van der Waals surface area contributed by atoms with Crippen LogP contribution in [0, 0.1) is 0 Å². The van der Waals surface area contributed by atoms with Crippen molar-refractivity contribution in [2.45, 2.75) is 30.1 Å². The fraction of sp³-hybridized carbons (Fsp3) is 0.500. The summed E-state index contributed by atoms with van der Waals surface area (Å²) in [6.07, 6.45) is 0.819. The minimum Gasteiger partial charge on any atom is -0.392 e. The van der Waals surface area contributed by atoms with Gasteiger partial charge in [0.1, 0.15) is 0 Å². The third-order valence-electron chi connectivity index (χ3n) is 2.59. The molecule has 1 amide bonds. The summed E-state index contributed by atoms with van der Waals surface area (Å²) in [5.74, 6) is 0.0236. The number of nitrogens with one attached hydrogen (secondary N) is 1. The monoisotopic (exact) mass is 283 g/mol. The van der Waals surface area contributed by atoms with E-state index in [1.807, 2.05) is 31.2 Å². The molecule has 1 atom stereocenters. The molecule has 0 aliphatic heterocycles. The van der Waals surface area contributed by atoms with E-state index in [1.165, 1.54) is 11.8 Å². The summed E-state index contributed by atoms with van der Waals surface area (Å²) in [7, 11) is 1.65. The predicted octanol–water partition coefficient (Wildman–Crippen LogP) is 1.81. The van der Waals surface area contributed by atoms with Crippen molar-refractivity contribution in [2.24, 2.45) is 0 Å². The SMILES string of the molecule is COCCCNC(=O)C(C)Sc1cccc(CO)c1. The van der Waals surface area contributed by atoms with Crippen LogP contribution in [0.4, 0.5) is 0 Å². The number of thioether (sulfide) groups is 1. The Morgan fingerprint density at radius 1 is 1.53 bits per heavy atom. The van der Waals surface area contributed by atoms with E-state index in [1.54, 1.807) is 7.11 Å². The molecule has 0 saturated heterocycles. The number of carbonyl (C=O) groups excluding carboxylic acids is 1. The number of hydrogen-bond donors (Lipinski definition) is 2. The van der Waals surface area contributed by atoms with Crippen molar-refractivity contribution in [2.75, 3.05) is 20.3 Å². The zero-order valence-electron chi connectivity index (χ0n) is 11.4. The van der Waals surface area contributed by atoms with Gasteiger partial charge in [0, 0.05) is 25.2 Å². The molecule has 2 N–H and O–H groups in total. The average molecular weight is 283 g/mol. The Morgan fingerprint density at radius 2 is 2.32 bits per heavy atom. The van der Waals surface area contributed by atoms with Gasteiger partial charge in [0.15, 0.2) is 0 Å². The van der Waals surface area contributed by atoms with E-state index in [2.05, 4.69) is 5.32 Å².